The first-order chi connectivity index (χ1) is 7.07. The third kappa shape index (κ3) is 3.71. The Labute approximate surface area is 87.2 Å². The van der Waals surface area contributed by atoms with Crippen molar-refractivity contribution in [3.63, 3.8) is 0 Å². The summed E-state index contributed by atoms with van der Waals surface area (Å²) in [6.07, 6.45) is 0. The number of nitrogens with two attached hydrogens (primary N) is 1. The molecule has 0 bridgehead atoms. The van der Waals surface area contributed by atoms with Gasteiger partial charge in [0.1, 0.15) is 5.75 Å². The van der Waals surface area contributed by atoms with Crippen LogP contribution in [0.1, 0.15) is 0 Å². The van der Waals surface area contributed by atoms with Crippen molar-refractivity contribution in [1.82, 2.24) is 0 Å². The van der Waals surface area contributed by atoms with Gasteiger partial charge in [0.15, 0.2) is 0 Å². The molecule has 0 aliphatic rings. The molecule has 0 spiro atoms. The van der Waals surface area contributed by atoms with Crippen molar-refractivity contribution >= 4 is 5.69 Å². The van der Waals surface area contributed by atoms with Crippen LogP contribution in [0.15, 0.2) is 24.3 Å². The first-order valence-corrected chi connectivity index (χ1v) is 4.53. The fourth-order valence-corrected chi connectivity index (χ4v) is 1.01. The van der Waals surface area contributed by atoms with Gasteiger partial charge in [0.25, 0.3) is 5.92 Å². The molecule has 0 atom stereocenters. The summed E-state index contributed by atoms with van der Waals surface area (Å²) < 4.78 is 30.5. The second-order valence-electron chi connectivity index (χ2n) is 3.14. The summed E-state index contributed by atoms with van der Waals surface area (Å²) in [7, 11) is 1.55. The van der Waals surface area contributed by atoms with E-state index in [0.29, 0.717) is 11.4 Å². The molecule has 84 valence electrons. The molecule has 1 rings (SSSR count). The van der Waals surface area contributed by atoms with E-state index >= 15 is 0 Å². The normalized spacial score (nSPS) is 11.2. The number of halogens is 2. The van der Waals surface area contributed by atoms with Crippen molar-refractivity contribution < 1.29 is 13.5 Å². The summed E-state index contributed by atoms with van der Waals surface area (Å²) in [5.74, 6) is -2.19. The molecule has 0 unspecified atom stereocenters. The van der Waals surface area contributed by atoms with Gasteiger partial charge in [-0.3, -0.25) is 0 Å². The van der Waals surface area contributed by atoms with Crippen LogP contribution < -0.4 is 15.8 Å². The van der Waals surface area contributed by atoms with E-state index in [1.165, 1.54) is 0 Å². The van der Waals surface area contributed by atoms with Gasteiger partial charge in [-0.1, -0.05) is 0 Å². The van der Waals surface area contributed by atoms with E-state index in [9.17, 15) is 8.78 Å². The maximum absolute atomic E-state index is 12.8. The Hall–Kier alpha value is -1.36. The third-order valence-electron chi connectivity index (χ3n) is 1.94. The topological polar surface area (TPSA) is 47.3 Å². The minimum absolute atomic E-state index is 0.462. The number of methoxy groups -OCH3 is 1. The number of anilines is 1. The average molecular weight is 216 g/mol. The van der Waals surface area contributed by atoms with Gasteiger partial charge >= 0.3 is 0 Å². The summed E-state index contributed by atoms with van der Waals surface area (Å²) in [6, 6.07) is 6.74. The Balaban J connectivity index is 2.51. The highest BCUT2D eigenvalue weighted by molar-refractivity contribution is 5.46. The minimum atomic E-state index is -2.88. The van der Waals surface area contributed by atoms with Gasteiger partial charge in [-0.05, 0) is 24.3 Å². The summed E-state index contributed by atoms with van der Waals surface area (Å²) in [6.45, 7) is -1.12. The van der Waals surface area contributed by atoms with Crippen LogP contribution in [0.25, 0.3) is 0 Å². The Morgan fingerprint density at radius 3 is 2.40 bits per heavy atom. The maximum Gasteiger partial charge on any atom is 0.276 e. The van der Waals surface area contributed by atoms with E-state index in [-0.39, 0.29) is 0 Å². The monoisotopic (exact) mass is 216 g/mol. The van der Waals surface area contributed by atoms with Crippen molar-refractivity contribution in [3.05, 3.63) is 24.3 Å². The molecular weight excluding hydrogens is 202 g/mol. The standard InChI is InChI=1S/C10H14F2N2O/c1-15-9-4-2-8(3-5-9)14-7-10(11,12)6-13/h2-5,14H,6-7,13H2,1H3. The molecule has 0 saturated carbocycles. The van der Waals surface area contributed by atoms with Gasteiger partial charge in [0.2, 0.25) is 0 Å². The Morgan fingerprint density at radius 1 is 1.33 bits per heavy atom. The Bertz CT molecular complexity index is 301. The lowest BCUT2D eigenvalue weighted by atomic mass is 10.2. The zero-order valence-electron chi connectivity index (χ0n) is 8.47. The minimum Gasteiger partial charge on any atom is -0.497 e. The summed E-state index contributed by atoms with van der Waals surface area (Å²) >= 11 is 0. The molecule has 0 amide bonds. The van der Waals surface area contributed by atoms with Crippen LogP contribution in [-0.4, -0.2) is 26.1 Å². The molecule has 3 nitrogen and oxygen atoms in total. The predicted molar refractivity (Wildman–Crippen MR) is 55.5 cm³/mol. The fourth-order valence-electron chi connectivity index (χ4n) is 1.01. The number of ether oxygens (including phenoxy) is 1. The molecule has 5 heteroatoms. The van der Waals surface area contributed by atoms with E-state index in [0.717, 1.165) is 0 Å². The molecule has 0 aromatic heterocycles. The van der Waals surface area contributed by atoms with E-state index in [4.69, 9.17) is 10.5 Å². The lowest BCUT2D eigenvalue weighted by Crippen LogP contribution is -2.35. The number of alkyl halides is 2. The molecule has 1 aromatic carbocycles. The van der Waals surface area contributed by atoms with E-state index in [1.807, 2.05) is 0 Å². The van der Waals surface area contributed by atoms with Crippen LogP contribution in [0, 0.1) is 0 Å². The zero-order valence-corrected chi connectivity index (χ0v) is 8.47. The van der Waals surface area contributed by atoms with Gasteiger partial charge in [-0.15, -0.1) is 0 Å². The third-order valence-corrected chi connectivity index (χ3v) is 1.94. The Kier molecular flexibility index (Phi) is 3.85. The van der Waals surface area contributed by atoms with Gasteiger partial charge in [-0.2, -0.15) is 0 Å². The lowest BCUT2D eigenvalue weighted by Gasteiger charge is -2.15. The van der Waals surface area contributed by atoms with Gasteiger partial charge < -0.3 is 15.8 Å². The highest BCUT2D eigenvalue weighted by Gasteiger charge is 2.25. The summed E-state index contributed by atoms with van der Waals surface area (Å²) in [4.78, 5) is 0. The first-order valence-electron chi connectivity index (χ1n) is 4.53. The van der Waals surface area contributed by atoms with Crippen molar-refractivity contribution in [2.45, 2.75) is 5.92 Å². The van der Waals surface area contributed by atoms with Crippen molar-refractivity contribution in [2.75, 3.05) is 25.5 Å². The van der Waals surface area contributed by atoms with Crippen LogP contribution in [0.3, 0.4) is 0 Å². The van der Waals surface area contributed by atoms with Crippen molar-refractivity contribution in [1.29, 1.82) is 0 Å². The number of hydrogen-bond acceptors (Lipinski definition) is 3. The number of hydrogen-bond donors (Lipinski definition) is 2. The van der Waals surface area contributed by atoms with Crippen molar-refractivity contribution in [2.24, 2.45) is 5.73 Å². The molecule has 1 aromatic rings. The molecule has 3 N–H and O–H groups in total. The first kappa shape index (κ1) is 11.7. The molecule has 0 heterocycles. The Morgan fingerprint density at radius 2 is 1.93 bits per heavy atom. The predicted octanol–water partition coefficient (Wildman–Crippen LogP) is 1.70. The zero-order chi connectivity index (χ0) is 11.3. The van der Waals surface area contributed by atoms with E-state index < -0.39 is 19.0 Å². The molecule has 15 heavy (non-hydrogen) atoms. The SMILES string of the molecule is COc1ccc(NCC(F)(F)CN)cc1. The number of benzene rings is 1. The second-order valence-corrected chi connectivity index (χ2v) is 3.14. The van der Waals surface area contributed by atoms with Crippen LogP contribution >= 0.6 is 0 Å². The molecular formula is C10H14F2N2O. The quantitative estimate of drug-likeness (QED) is 0.787. The van der Waals surface area contributed by atoms with E-state index in [1.54, 1.807) is 31.4 Å². The van der Waals surface area contributed by atoms with Gasteiger partial charge in [0, 0.05) is 5.69 Å². The maximum atomic E-state index is 12.8. The molecule has 0 radical (unpaired) electrons. The largest absolute Gasteiger partial charge is 0.497 e. The lowest BCUT2D eigenvalue weighted by molar-refractivity contribution is 0.0254. The highest BCUT2D eigenvalue weighted by Crippen LogP contribution is 2.17. The summed E-state index contributed by atoms with van der Waals surface area (Å²) in [5.41, 5.74) is 5.52. The molecule has 0 aliphatic heterocycles. The molecule has 0 fully saturated rings. The average Bonchev–Trinajstić information content (AvgIpc) is 2.27. The van der Waals surface area contributed by atoms with Gasteiger partial charge in [-0.25, -0.2) is 8.78 Å². The fraction of sp³-hybridized carbons (Fsp3) is 0.400. The van der Waals surface area contributed by atoms with Crippen LogP contribution in [0.2, 0.25) is 0 Å². The van der Waals surface area contributed by atoms with Crippen LogP contribution in [0.4, 0.5) is 14.5 Å². The van der Waals surface area contributed by atoms with Crippen LogP contribution in [-0.2, 0) is 0 Å². The van der Waals surface area contributed by atoms with E-state index in [2.05, 4.69) is 5.32 Å². The molecule has 0 saturated heterocycles. The summed E-state index contributed by atoms with van der Waals surface area (Å²) in [5, 5.41) is 2.60. The number of nitrogens with one attached hydrogen (secondary N) is 1. The van der Waals surface area contributed by atoms with Crippen molar-refractivity contribution in [3.8, 4) is 5.75 Å². The second kappa shape index (κ2) is 4.93. The smallest absolute Gasteiger partial charge is 0.276 e. The highest BCUT2D eigenvalue weighted by atomic mass is 19.3. The van der Waals surface area contributed by atoms with Gasteiger partial charge in [0.05, 0.1) is 20.2 Å². The number of rotatable bonds is 5. The van der Waals surface area contributed by atoms with Crippen LogP contribution in [0.5, 0.6) is 5.75 Å². The molecule has 0 aliphatic carbocycles.